The number of amides is 1. The first-order valence-electron chi connectivity index (χ1n) is 12.2. The second-order valence-electron chi connectivity index (χ2n) is 9.37. The lowest BCUT2D eigenvalue weighted by atomic mass is 10.1. The van der Waals surface area contributed by atoms with Crippen LogP contribution in [0.25, 0.3) is 0 Å². The molecule has 1 heterocycles. The zero-order valence-electron chi connectivity index (χ0n) is 19.8. The van der Waals surface area contributed by atoms with Crippen LogP contribution in [-0.4, -0.2) is 39.8 Å². The summed E-state index contributed by atoms with van der Waals surface area (Å²) in [4.78, 5) is 15.2. The molecule has 0 saturated heterocycles. The summed E-state index contributed by atoms with van der Waals surface area (Å²) in [5.74, 6) is 1.77. The van der Waals surface area contributed by atoms with Crippen molar-refractivity contribution in [3.8, 4) is 11.5 Å². The van der Waals surface area contributed by atoms with E-state index < -0.39 is 0 Å². The van der Waals surface area contributed by atoms with Crippen LogP contribution in [0.3, 0.4) is 0 Å². The number of aryl methyl sites for hydroxylation is 3. The van der Waals surface area contributed by atoms with E-state index in [9.17, 15) is 4.79 Å². The van der Waals surface area contributed by atoms with Crippen LogP contribution in [0.1, 0.15) is 74.7 Å². The Balaban J connectivity index is 1.43. The molecular formula is C26H37N3O3. The standard InChI is InChI=1S/C26H37N3O3/c1-19-16-20(2)29(27-19)15-14-26(30)28(22-11-12-22)18-21-10-13-24(31-3)25(17-21)32-23-8-6-4-5-7-9-23/h10,13,16-17,22-23H,4-9,11-12,14-15,18H2,1-3H3. The van der Waals surface area contributed by atoms with Crippen LogP contribution in [0.2, 0.25) is 0 Å². The van der Waals surface area contributed by atoms with Gasteiger partial charge in [-0.15, -0.1) is 0 Å². The molecule has 0 spiro atoms. The first-order chi connectivity index (χ1) is 15.5. The number of carbonyl (C=O) groups is 1. The summed E-state index contributed by atoms with van der Waals surface area (Å²) in [7, 11) is 1.69. The molecule has 2 fully saturated rings. The van der Waals surface area contributed by atoms with Crippen molar-refractivity contribution < 1.29 is 14.3 Å². The molecule has 0 N–H and O–H groups in total. The van der Waals surface area contributed by atoms with E-state index in [-0.39, 0.29) is 12.0 Å². The summed E-state index contributed by atoms with van der Waals surface area (Å²) >= 11 is 0. The summed E-state index contributed by atoms with van der Waals surface area (Å²) < 4.78 is 13.9. The number of nitrogens with zero attached hydrogens (tertiary/aromatic N) is 3. The third-order valence-corrected chi connectivity index (χ3v) is 6.63. The minimum absolute atomic E-state index is 0.196. The van der Waals surface area contributed by atoms with Gasteiger partial charge in [-0.1, -0.05) is 18.9 Å². The Labute approximate surface area is 191 Å². The first-order valence-corrected chi connectivity index (χ1v) is 12.2. The lowest BCUT2D eigenvalue weighted by molar-refractivity contribution is -0.132. The Morgan fingerprint density at radius 1 is 1.06 bits per heavy atom. The van der Waals surface area contributed by atoms with Crippen molar-refractivity contribution >= 4 is 5.91 Å². The predicted molar refractivity (Wildman–Crippen MR) is 125 cm³/mol. The molecule has 0 bridgehead atoms. The lowest BCUT2D eigenvalue weighted by Gasteiger charge is -2.24. The largest absolute Gasteiger partial charge is 0.493 e. The molecular weight excluding hydrogens is 402 g/mol. The first kappa shape index (κ1) is 22.7. The molecule has 4 rings (SSSR count). The number of methoxy groups -OCH3 is 1. The van der Waals surface area contributed by atoms with Gasteiger partial charge in [-0.2, -0.15) is 5.10 Å². The second-order valence-corrected chi connectivity index (χ2v) is 9.37. The molecule has 0 unspecified atom stereocenters. The molecule has 6 nitrogen and oxygen atoms in total. The van der Waals surface area contributed by atoms with Crippen LogP contribution in [0.15, 0.2) is 24.3 Å². The van der Waals surface area contributed by atoms with Gasteiger partial charge in [0.25, 0.3) is 0 Å². The third-order valence-electron chi connectivity index (χ3n) is 6.63. The van der Waals surface area contributed by atoms with E-state index in [1.54, 1.807) is 7.11 Å². The molecule has 1 aromatic heterocycles. The molecule has 2 saturated carbocycles. The van der Waals surface area contributed by atoms with Crippen LogP contribution in [0, 0.1) is 13.8 Å². The molecule has 0 aliphatic heterocycles. The predicted octanol–water partition coefficient (Wildman–Crippen LogP) is 5.19. The molecule has 0 radical (unpaired) electrons. The van der Waals surface area contributed by atoms with Gasteiger partial charge in [0, 0.05) is 31.2 Å². The number of rotatable bonds is 9. The highest BCUT2D eigenvalue weighted by molar-refractivity contribution is 5.76. The second kappa shape index (κ2) is 10.4. The minimum atomic E-state index is 0.196. The summed E-state index contributed by atoms with van der Waals surface area (Å²) in [6, 6.07) is 8.52. The number of ether oxygens (including phenoxy) is 2. The highest BCUT2D eigenvalue weighted by atomic mass is 16.5. The Hall–Kier alpha value is -2.50. The van der Waals surface area contributed by atoms with Crippen molar-refractivity contribution in [3.05, 3.63) is 41.2 Å². The fraction of sp³-hybridized carbons (Fsp3) is 0.615. The summed E-state index contributed by atoms with van der Waals surface area (Å²) in [6.07, 6.45) is 10.2. The van der Waals surface area contributed by atoms with E-state index in [2.05, 4.69) is 23.3 Å². The van der Waals surface area contributed by atoms with Gasteiger partial charge in [0.2, 0.25) is 5.91 Å². The minimum Gasteiger partial charge on any atom is -0.493 e. The van der Waals surface area contributed by atoms with Gasteiger partial charge in [0.05, 0.1) is 18.9 Å². The molecule has 32 heavy (non-hydrogen) atoms. The van der Waals surface area contributed by atoms with Crippen LogP contribution in [0.4, 0.5) is 0 Å². The van der Waals surface area contributed by atoms with E-state index in [0.717, 1.165) is 54.1 Å². The average Bonchev–Trinajstić information content (AvgIpc) is 3.59. The molecule has 6 heteroatoms. The van der Waals surface area contributed by atoms with E-state index in [0.29, 0.717) is 25.6 Å². The number of benzene rings is 1. The van der Waals surface area contributed by atoms with E-state index in [4.69, 9.17) is 9.47 Å². The molecule has 174 valence electrons. The normalized spacial score (nSPS) is 17.1. The van der Waals surface area contributed by atoms with Gasteiger partial charge in [-0.25, -0.2) is 0 Å². The number of hydrogen-bond acceptors (Lipinski definition) is 4. The van der Waals surface area contributed by atoms with Gasteiger partial charge in [-0.3, -0.25) is 9.48 Å². The fourth-order valence-corrected chi connectivity index (χ4v) is 4.70. The van der Waals surface area contributed by atoms with Crippen LogP contribution in [0.5, 0.6) is 11.5 Å². The highest BCUT2D eigenvalue weighted by Gasteiger charge is 2.32. The topological polar surface area (TPSA) is 56.6 Å². The zero-order valence-corrected chi connectivity index (χ0v) is 19.8. The quantitative estimate of drug-likeness (QED) is 0.505. The van der Waals surface area contributed by atoms with Crippen molar-refractivity contribution in [2.75, 3.05) is 7.11 Å². The molecule has 2 aromatic rings. The molecule has 2 aliphatic carbocycles. The molecule has 1 amide bonds. The van der Waals surface area contributed by atoms with Crippen LogP contribution >= 0.6 is 0 Å². The molecule has 2 aliphatic rings. The van der Waals surface area contributed by atoms with Gasteiger partial charge in [0.1, 0.15) is 0 Å². The van der Waals surface area contributed by atoms with Crippen molar-refractivity contribution in [3.63, 3.8) is 0 Å². The van der Waals surface area contributed by atoms with Crippen molar-refractivity contribution in [1.29, 1.82) is 0 Å². The smallest absolute Gasteiger partial charge is 0.224 e. The Bertz CT molecular complexity index is 911. The van der Waals surface area contributed by atoms with Gasteiger partial charge in [-0.05, 0) is 76.1 Å². The number of aromatic nitrogens is 2. The summed E-state index contributed by atoms with van der Waals surface area (Å²) in [5.41, 5.74) is 3.19. The van der Waals surface area contributed by atoms with Crippen LogP contribution in [-0.2, 0) is 17.9 Å². The van der Waals surface area contributed by atoms with Gasteiger partial charge < -0.3 is 14.4 Å². The van der Waals surface area contributed by atoms with Gasteiger partial charge in [0.15, 0.2) is 11.5 Å². The molecule has 1 aromatic carbocycles. The third kappa shape index (κ3) is 5.84. The highest BCUT2D eigenvalue weighted by Crippen LogP contribution is 2.34. The van der Waals surface area contributed by atoms with Crippen molar-refractivity contribution in [2.45, 2.75) is 96.9 Å². The number of hydrogen-bond donors (Lipinski definition) is 0. The van der Waals surface area contributed by atoms with Crippen molar-refractivity contribution in [1.82, 2.24) is 14.7 Å². The maximum absolute atomic E-state index is 13.1. The van der Waals surface area contributed by atoms with Crippen molar-refractivity contribution in [2.24, 2.45) is 0 Å². The lowest BCUT2D eigenvalue weighted by Crippen LogP contribution is -2.33. The van der Waals surface area contributed by atoms with E-state index in [1.807, 2.05) is 29.5 Å². The SMILES string of the molecule is COc1ccc(CN(C(=O)CCn2nc(C)cc2C)C2CC2)cc1OC1CCCCCC1. The van der Waals surface area contributed by atoms with Gasteiger partial charge >= 0.3 is 0 Å². The van der Waals surface area contributed by atoms with Crippen LogP contribution < -0.4 is 9.47 Å². The Kier molecular flexibility index (Phi) is 7.38. The number of carbonyl (C=O) groups excluding carboxylic acids is 1. The Morgan fingerprint density at radius 3 is 2.44 bits per heavy atom. The maximum Gasteiger partial charge on any atom is 0.224 e. The maximum atomic E-state index is 13.1. The average molecular weight is 440 g/mol. The fourth-order valence-electron chi connectivity index (χ4n) is 4.70. The van der Waals surface area contributed by atoms with E-state index in [1.165, 1.54) is 25.7 Å². The summed E-state index contributed by atoms with van der Waals surface area (Å²) in [5, 5.41) is 4.49. The monoisotopic (exact) mass is 439 g/mol. The van der Waals surface area contributed by atoms with E-state index >= 15 is 0 Å². The zero-order chi connectivity index (χ0) is 22.5. The summed E-state index contributed by atoms with van der Waals surface area (Å²) in [6.45, 7) is 5.27. The molecule has 0 atom stereocenters. The Morgan fingerprint density at radius 2 is 1.81 bits per heavy atom.